The van der Waals surface area contributed by atoms with E-state index in [1.807, 2.05) is 6.92 Å². The molecule has 0 spiro atoms. The lowest BCUT2D eigenvalue weighted by Gasteiger charge is -2.19. The lowest BCUT2D eigenvalue weighted by atomic mass is 10.2. The molecule has 0 saturated carbocycles. The molecule has 132 valence electrons. The van der Waals surface area contributed by atoms with Crippen molar-refractivity contribution in [2.45, 2.75) is 56.9 Å². The van der Waals surface area contributed by atoms with Gasteiger partial charge in [0.25, 0.3) is 0 Å². The molecule has 8 heteroatoms. The smallest absolute Gasteiger partial charge is 0.249 e. The number of hydrogen-bond acceptors (Lipinski definition) is 4. The van der Waals surface area contributed by atoms with Crippen molar-refractivity contribution in [2.24, 2.45) is 0 Å². The van der Waals surface area contributed by atoms with Crippen LogP contribution in [0.15, 0.2) is 28.0 Å². The van der Waals surface area contributed by atoms with Crippen molar-refractivity contribution in [1.29, 1.82) is 0 Å². The van der Waals surface area contributed by atoms with Gasteiger partial charge in [-0.25, -0.2) is 22.3 Å². The Kier molecular flexibility index (Phi) is 5.05. The minimum Gasteiger partial charge on any atom is -0.249 e. The minimum absolute atomic E-state index is 0.161. The molecule has 1 saturated heterocycles. The number of rotatable bonds is 5. The number of aryl methyl sites for hydroxylation is 1. The molecule has 0 amide bonds. The van der Waals surface area contributed by atoms with Crippen LogP contribution >= 0.6 is 0 Å². The highest BCUT2D eigenvalue weighted by Gasteiger charge is 2.26. The Balaban J connectivity index is 1.97. The highest BCUT2D eigenvalue weighted by molar-refractivity contribution is 7.89. The molecule has 3 heterocycles. The van der Waals surface area contributed by atoms with E-state index in [-0.39, 0.29) is 10.6 Å². The molecular weight excluding hydrogens is 328 g/mol. The van der Waals surface area contributed by atoms with Crippen molar-refractivity contribution in [3.8, 4) is 0 Å². The van der Waals surface area contributed by atoms with E-state index in [1.54, 1.807) is 12.1 Å². The van der Waals surface area contributed by atoms with Crippen LogP contribution in [0.1, 0.15) is 45.4 Å². The molecule has 0 atom stereocenters. The van der Waals surface area contributed by atoms with Gasteiger partial charge in [-0.2, -0.15) is 4.31 Å². The van der Waals surface area contributed by atoms with Crippen LogP contribution in [-0.4, -0.2) is 40.0 Å². The molecule has 7 nitrogen and oxygen atoms in total. The summed E-state index contributed by atoms with van der Waals surface area (Å²) in [5.74, 6) is 0. The van der Waals surface area contributed by atoms with Gasteiger partial charge in [0.2, 0.25) is 10.0 Å². The average Bonchev–Trinajstić information content (AvgIpc) is 2.77. The Morgan fingerprint density at radius 3 is 2.50 bits per heavy atom. The Labute approximate surface area is 141 Å². The standard InChI is InChI=1S/C16H24N4O3S/c1-2-3-12-20-16(21)19-13-14(8-9-15(19)17-20)24(22,23)18-10-6-4-5-7-11-18/h8-9,13H,2-7,10-12H2,1H3. The van der Waals surface area contributed by atoms with E-state index in [0.29, 0.717) is 25.3 Å². The van der Waals surface area contributed by atoms with Gasteiger partial charge >= 0.3 is 5.69 Å². The number of nitrogens with zero attached hydrogens (tertiary/aromatic N) is 4. The number of pyridine rings is 1. The average molecular weight is 352 g/mol. The summed E-state index contributed by atoms with van der Waals surface area (Å²) < 4.78 is 30.0. The molecule has 0 bridgehead atoms. The SMILES string of the molecule is CCCCn1nc2ccc(S(=O)(=O)N3CCCCCC3)cn2c1=O. The normalized spacial score (nSPS) is 17.2. The number of hydrogen-bond donors (Lipinski definition) is 0. The van der Waals surface area contributed by atoms with Crippen molar-refractivity contribution in [1.82, 2.24) is 18.5 Å². The summed E-state index contributed by atoms with van der Waals surface area (Å²) in [4.78, 5) is 12.6. The summed E-state index contributed by atoms with van der Waals surface area (Å²) in [6, 6.07) is 3.15. The summed E-state index contributed by atoms with van der Waals surface area (Å²) in [5.41, 5.74) is 0.192. The lowest BCUT2D eigenvalue weighted by Crippen LogP contribution is -2.32. The van der Waals surface area contributed by atoms with Crippen molar-refractivity contribution >= 4 is 15.7 Å². The van der Waals surface area contributed by atoms with Crippen molar-refractivity contribution in [3.05, 3.63) is 28.8 Å². The van der Waals surface area contributed by atoms with Crippen molar-refractivity contribution in [2.75, 3.05) is 13.1 Å². The fraction of sp³-hybridized carbons (Fsp3) is 0.625. The van der Waals surface area contributed by atoms with E-state index in [4.69, 9.17) is 0 Å². The third-order valence-corrected chi connectivity index (χ3v) is 6.36. The third-order valence-electron chi connectivity index (χ3n) is 4.48. The van der Waals surface area contributed by atoms with Crippen LogP contribution in [0.25, 0.3) is 5.65 Å². The van der Waals surface area contributed by atoms with Gasteiger partial charge < -0.3 is 0 Å². The first-order valence-electron chi connectivity index (χ1n) is 8.63. The first kappa shape index (κ1) is 17.2. The molecule has 1 fully saturated rings. The molecule has 0 N–H and O–H groups in total. The molecule has 0 aliphatic carbocycles. The molecule has 0 aromatic carbocycles. The van der Waals surface area contributed by atoms with Crippen molar-refractivity contribution < 1.29 is 8.42 Å². The van der Waals surface area contributed by atoms with Crippen LogP contribution < -0.4 is 5.69 Å². The largest absolute Gasteiger partial charge is 0.350 e. The second kappa shape index (κ2) is 7.06. The lowest BCUT2D eigenvalue weighted by molar-refractivity contribution is 0.423. The van der Waals surface area contributed by atoms with Gasteiger partial charge in [0.15, 0.2) is 5.65 Å². The molecule has 0 unspecified atom stereocenters. The molecule has 0 radical (unpaired) electrons. The Morgan fingerprint density at radius 2 is 1.83 bits per heavy atom. The zero-order valence-corrected chi connectivity index (χ0v) is 14.8. The zero-order valence-electron chi connectivity index (χ0n) is 14.0. The zero-order chi connectivity index (χ0) is 17.2. The number of sulfonamides is 1. The molecule has 3 rings (SSSR count). The molecule has 1 aliphatic rings. The summed E-state index contributed by atoms with van der Waals surface area (Å²) >= 11 is 0. The van der Waals surface area contributed by atoms with Gasteiger partial charge in [-0.1, -0.05) is 26.2 Å². The minimum atomic E-state index is -3.56. The summed E-state index contributed by atoms with van der Waals surface area (Å²) in [5, 5.41) is 4.26. The Morgan fingerprint density at radius 1 is 1.12 bits per heavy atom. The Bertz CT molecular complexity index is 861. The van der Waals surface area contributed by atoms with E-state index < -0.39 is 10.0 Å². The first-order chi connectivity index (χ1) is 11.5. The van der Waals surface area contributed by atoms with E-state index >= 15 is 0 Å². The van der Waals surface area contributed by atoms with Crippen molar-refractivity contribution in [3.63, 3.8) is 0 Å². The molecule has 2 aromatic heterocycles. The maximum absolute atomic E-state index is 12.9. The van der Waals surface area contributed by atoms with Gasteiger partial charge in [-0.3, -0.25) is 0 Å². The van der Waals surface area contributed by atoms with E-state index in [0.717, 1.165) is 38.5 Å². The number of fused-ring (bicyclic) bond motifs is 1. The van der Waals surface area contributed by atoms with Gasteiger partial charge in [0.1, 0.15) is 0 Å². The van der Waals surface area contributed by atoms with Crippen LogP contribution in [0.4, 0.5) is 0 Å². The Hall–Kier alpha value is -1.67. The maximum atomic E-state index is 12.9. The van der Waals surface area contributed by atoms with E-state index in [1.165, 1.54) is 19.6 Å². The summed E-state index contributed by atoms with van der Waals surface area (Å²) in [6.07, 6.45) is 7.14. The van der Waals surface area contributed by atoms with Crippen LogP contribution in [0.3, 0.4) is 0 Å². The van der Waals surface area contributed by atoms with Crippen LogP contribution in [0, 0.1) is 0 Å². The highest BCUT2D eigenvalue weighted by Crippen LogP contribution is 2.20. The second-order valence-corrected chi connectivity index (χ2v) is 8.21. The first-order valence-corrected chi connectivity index (χ1v) is 10.1. The summed E-state index contributed by atoms with van der Waals surface area (Å²) in [7, 11) is -3.56. The van der Waals surface area contributed by atoms with E-state index in [9.17, 15) is 13.2 Å². The molecule has 24 heavy (non-hydrogen) atoms. The topological polar surface area (TPSA) is 76.7 Å². The van der Waals surface area contributed by atoms with Crippen LogP contribution in [-0.2, 0) is 16.6 Å². The monoisotopic (exact) mass is 352 g/mol. The van der Waals surface area contributed by atoms with Gasteiger partial charge in [0, 0.05) is 25.8 Å². The summed E-state index contributed by atoms with van der Waals surface area (Å²) in [6.45, 7) is 3.69. The third kappa shape index (κ3) is 3.25. The fourth-order valence-corrected chi connectivity index (χ4v) is 4.55. The number of unbranched alkanes of at least 4 members (excludes halogenated alkanes) is 1. The molecule has 1 aliphatic heterocycles. The van der Waals surface area contributed by atoms with Crippen LogP contribution in [0.2, 0.25) is 0 Å². The molecule has 2 aromatic rings. The van der Waals surface area contributed by atoms with Crippen LogP contribution in [0.5, 0.6) is 0 Å². The fourth-order valence-electron chi connectivity index (χ4n) is 3.04. The van der Waals surface area contributed by atoms with Gasteiger partial charge in [-0.05, 0) is 31.4 Å². The van der Waals surface area contributed by atoms with Gasteiger partial charge in [-0.15, -0.1) is 5.10 Å². The van der Waals surface area contributed by atoms with Gasteiger partial charge in [0.05, 0.1) is 4.90 Å². The quantitative estimate of drug-likeness (QED) is 0.823. The maximum Gasteiger partial charge on any atom is 0.350 e. The number of aromatic nitrogens is 3. The molecular formula is C16H24N4O3S. The predicted molar refractivity (Wildman–Crippen MR) is 91.6 cm³/mol. The predicted octanol–water partition coefficient (Wildman–Crippen LogP) is 1.86. The van der Waals surface area contributed by atoms with E-state index in [2.05, 4.69) is 5.10 Å². The highest BCUT2D eigenvalue weighted by atomic mass is 32.2. The second-order valence-electron chi connectivity index (χ2n) is 6.27.